The number of rotatable bonds is 4. The molecule has 0 bridgehead atoms. The van der Waals surface area contributed by atoms with Crippen LogP contribution < -0.4 is 17.0 Å². The number of para-hydroxylation sites is 1. The maximum atomic E-state index is 11.8. The maximum absolute atomic E-state index is 11.8. The number of aldehydes is 1. The van der Waals surface area contributed by atoms with Crippen molar-refractivity contribution in [1.82, 2.24) is 18.7 Å². The Kier molecular flexibility index (Phi) is 6.53. The number of aromatic nitrogens is 4. The second-order valence-corrected chi connectivity index (χ2v) is 7.51. The van der Waals surface area contributed by atoms with Crippen LogP contribution in [0.2, 0.25) is 0 Å². The van der Waals surface area contributed by atoms with Crippen molar-refractivity contribution >= 4 is 34.9 Å². The topological polar surface area (TPSA) is 105 Å². The molecule has 9 heteroatoms. The highest BCUT2D eigenvalue weighted by Gasteiger charge is 2.13. The number of anilines is 1. The summed E-state index contributed by atoms with van der Waals surface area (Å²) in [5.41, 5.74) is 6.35. The van der Waals surface area contributed by atoms with Crippen LogP contribution in [-0.2, 0) is 25.4 Å². The summed E-state index contributed by atoms with van der Waals surface area (Å²) < 4.78 is 3.69. The molecule has 0 fully saturated rings. The molecule has 0 amide bonds. The van der Waals surface area contributed by atoms with Gasteiger partial charge in [-0.1, -0.05) is 42.1 Å². The van der Waals surface area contributed by atoms with Gasteiger partial charge in [0.15, 0.2) is 11.2 Å². The summed E-state index contributed by atoms with van der Waals surface area (Å²) in [6.45, 7) is 0.0456. The molecule has 0 saturated carbocycles. The number of nitrogen functional groups attached to an aromatic ring is 1. The van der Waals surface area contributed by atoms with Crippen molar-refractivity contribution in [3.05, 3.63) is 81.8 Å². The first kappa shape index (κ1) is 21.1. The van der Waals surface area contributed by atoms with Crippen molar-refractivity contribution < 1.29 is 4.79 Å². The molecule has 0 unspecified atom stereocenters. The zero-order valence-electron chi connectivity index (χ0n) is 16.6. The van der Waals surface area contributed by atoms with Crippen LogP contribution in [0.3, 0.4) is 0 Å². The van der Waals surface area contributed by atoms with Crippen LogP contribution in [0.4, 0.5) is 5.69 Å². The molecule has 0 aliphatic rings. The molecular weight excluding hydrogens is 402 g/mol. The average molecular weight is 423 g/mol. The minimum absolute atomic E-state index is 0.0456. The number of hydrogen-bond acceptors (Lipinski definition) is 6. The van der Waals surface area contributed by atoms with Crippen molar-refractivity contribution in [2.75, 3.05) is 5.73 Å². The van der Waals surface area contributed by atoms with Crippen molar-refractivity contribution in [3.8, 4) is 0 Å². The highest BCUT2D eigenvalue weighted by molar-refractivity contribution is 7.99. The summed E-state index contributed by atoms with van der Waals surface area (Å²) in [6, 6.07) is 18.1. The lowest BCUT2D eigenvalue weighted by Gasteiger charge is -2.03. The zero-order chi connectivity index (χ0) is 21.7. The molecule has 0 aliphatic heterocycles. The van der Waals surface area contributed by atoms with E-state index in [-0.39, 0.29) is 17.7 Å². The van der Waals surface area contributed by atoms with Crippen LogP contribution in [0.25, 0.3) is 11.2 Å². The highest BCUT2D eigenvalue weighted by atomic mass is 32.2. The van der Waals surface area contributed by atoms with E-state index in [0.717, 1.165) is 15.1 Å². The van der Waals surface area contributed by atoms with E-state index < -0.39 is 11.2 Å². The first-order valence-corrected chi connectivity index (χ1v) is 9.87. The molecule has 4 aromatic rings. The fraction of sp³-hybridized carbons (Fsp3) is 0.143. The fourth-order valence-electron chi connectivity index (χ4n) is 2.80. The van der Waals surface area contributed by atoms with Crippen molar-refractivity contribution in [3.63, 3.8) is 0 Å². The molecule has 8 nitrogen and oxygen atoms in total. The van der Waals surface area contributed by atoms with Crippen molar-refractivity contribution in [2.24, 2.45) is 14.1 Å². The van der Waals surface area contributed by atoms with E-state index >= 15 is 0 Å². The molecule has 2 aromatic carbocycles. The second kappa shape index (κ2) is 9.27. The Morgan fingerprint density at radius 3 is 2.33 bits per heavy atom. The third-order valence-electron chi connectivity index (χ3n) is 4.38. The maximum Gasteiger partial charge on any atom is 0.332 e. The Hall–Kier alpha value is -3.59. The lowest BCUT2D eigenvalue weighted by atomic mass is 10.3. The molecule has 0 spiro atoms. The Morgan fingerprint density at radius 2 is 1.67 bits per heavy atom. The number of carbonyl (C=O) groups is 1. The highest BCUT2D eigenvalue weighted by Crippen LogP contribution is 2.31. The van der Waals surface area contributed by atoms with E-state index in [4.69, 9.17) is 5.73 Å². The number of benzene rings is 2. The van der Waals surface area contributed by atoms with Crippen LogP contribution in [-0.4, -0.2) is 25.0 Å². The van der Waals surface area contributed by atoms with Gasteiger partial charge in [-0.25, -0.2) is 9.78 Å². The van der Waals surface area contributed by atoms with Gasteiger partial charge < -0.3 is 15.1 Å². The van der Waals surface area contributed by atoms with Gasteiger partial charge in [-0.05, 0) is 24.3 Å². The second-order valence-electron chi connectivity index (χ2n) is 6.39. The normalized spacial score (nSPS) is 10.5. The third kappa shape index (κ3) is 4.36. The molecule has 0 radical (unpaired) electrons. The zero-order valence-corrected chi connectivity index (χ0v) is 17.4. The number of nitrogens with zero attached hydrogens (tertiary/aromatic N) is 4. The lowest BCUT2D eigenvalue weighted by molar-refractivity contribution is -0.108. The van der Waals surface area contributed by atoms with Gasteiger partial charge in [-0.2, -0.15) is 0 Å². The summed E-state index contributed by atoms with van der Waals surface area (Å²) in [5.74, 6) is 0. The van der Waals surface area contributed by atoms with E-state index in [1.807, 2.05) is 42.5 Å². The molecule has 4 rings (SSSR count). The fourth-order valence-corrected chi connectivity index (χ4v) is 3.68. The van der Waals surface area contributed by atoms with Gasteiger partial charge in [-0.3, -0.25) is 13.9 Å². The number of fused-ring (bicyclic) bond motifs is 1. The minimum Gasteiger partial charge on any atom is -0.398 e. The van der Waals surface area contributed by atoms with Gasteiger partial charge in [0.1, 0.15) is 6.29 Å². The van der Waals surface area contributed by atoms with Crippen LogP contribution in [0, 0.1) is 0 Å². The van der Waals surface area contributed by atoms with Gasteiger partial charge in [0.2, 0.25) is 0 Å². The van der Waals surface area contributed by atoms with Gasteiger partial charge in [-0.15, -0.1) is 0 Å². The largest absolute Gasteiger partial charge is 0.398 e. The number of hydrogen-bond donors (Lipinski definition) is 1. The summed E-state index contributed by atoms with van der Waals surface area (Å²) in [6.07, 6.45) is 2.05. The van der Waals surface area contributed by atoms with Crippen LogP contribution >= 0.6 is 11.8 Å². The average Bonchev–Trinajstić information content (AvgIpc) is 3.18. The van der Waals surface area contributed by atoms with E-state index in [9.17, 15) is 14.4 Å². The number of aryl methyl sites for hydroxylation is 1. The quantitative estimate of drug-likeness (QED) is 0.398. The molecule has 2 aromatic heterocycles. The van der Waals surface area contributed by atoms with Crippen molar-refractivity contribution in [2.45, 2.75) is 16.3 Å². The third-order valence-corrected chi connectivity index (χ3v) is 5.48. The van der Waals surface area contributed by atoms with Crippen LogP contribution in [0.5, 0.6) is 0 Å². The molecular formula is C21H21N5O3S. The predicted octanol–water partition coefficient (Wildman–Crippen LogP) is 2.05. The van der Waals surface area contributed by atoms with Crippen LogP contribution in [0.1, 0.15) is 0 Å². The van der Waals surface area contributed by atoms with E-state index in [0.29, 0.717) is 6.29 Å². The number of imidazole rings is 1. The molecule has 30 heavy (non-hydrogen) atoms. The molecule has 2 N–H and O–H groups in total. The first-order chi connectivity index (χ1) is 14.4. The molecule has 0 atom stereocenters. The Labute approximate surface area is 176 Å². The SMILES string of the molecule is Cn1c(=O)c2c(ncn2CC=O)n(C)c1=O.Nc1ccccc1Sc1ccccc1. The first-order valence-electron chi connectivity index (χ1n) is 9.06. The Bertz CT molecular complexity index is 1290. The summed E-state index contributed by atoms with van der Waals surface area (Å²) >= 11 is 1.69. The van der Waals surface area contributed by atoms with E-state index in [2.05, 4.69) is 17.1 Å². The summed E-state index contributed by atoms with van der Waals surface area (Å²) in [5, 5.41) is 0. The number of carbonyl (C=O) groups excluding carboxylic acids is 1. The standard InChI is InChI=1S/C12H11NS.C9H10N4O3/c13-11-8-4-5-9-12(11)14-10-6-2-1-3-7-10;1-11-7-6(8(15)12(2)9(11)16)13(3-4-14)5-10-7/h1-9H,13H2;4-5H,3H2,1-2H3. The molecule has 2 heterocycles. The number of nitrogens with two attached hydrogens (primary N) is 1. The van der Waals surface area contributed by atoms with E-state index in [1.165, 1.54) is 34.5 Å². The smallest absolute Gasteiger partial charge is 0.332 e. The lowest BCUT2D eigenvalue weighted by Crippen LogP contribution is -2.37. The molecule has 0 aliphatic carbocycles. The Balaban J connectivity index is 0.000000172. The van der Waals surface area contributed by atoms with Crippen LogP contribution in [0.15, 0.2) is 80.3 Å². The summed E-state index contributed by atoms with van der Waals surface area (Å²) in [7, 11) is 2.92. The van der Waals surface area contributed by atoms with Gasteiger partial charge in [0, 0.05) is 29.6 Å². The minimum atomic E-state index is -0.447. The monoisotopic (exact) mass is 423 g/mol. The van der Waals surface area contributed by atoms with E-state index in [1.54, 1.807) is 11.8 Å². The van der Waals surface area contributed by atoms with Gasteiger partial charge in [0.25, 0.3) is 5.56 Å². The summed E-state index contributed by atoms with van der Waals surface area (Å²) in [4.78, 5) is 40.1. The molecule has 0 saturated heterocycles. The molecule has 154 valence electrons. The van der Waals surface area contributed by atoms with Gasteiger partial charge >= 0.3 is 5.69 Å². The van der Waals surface area contributed by atoms with Gasteiger partial charge in [0.05, 0.1) is 12.9 Å². The van der Waals surface area contributed by atoms with Crippen molar-refractivity contribution in [1.29, 1.82) is 0 Å². The predicted molar refractivity (Wildman–Crippen MR) is 118 cm³/mol. The Morgan fingerprint density at radius 1 is 1.00 bits per heavy atom.